The number of pyridine rings is 2. The molecule has 0 fully saturated rings. The lowest BCUT2D eigenvalue weighted by atomic mass is 10.1. The maximum atomic E-state index is 11.8. The van der Waals surface area contributed by atoms with Crippen LogP contribution in [0.3, 0.4) is 0 Å². The van der Waals surface area contributed by atoms with Crippen LogP contribution in [0.4, 0.5) is 0 Å². The normalized spacial score (nSPS) is 10.0. The maximum Gasteiger partial charge on any atom is 0.337 e. The van der Waals surface area contributed by atoms with Crippen LogP contribution in [0.5, 0.6) is 0 Å². The predicted octanol–water partition coefficient (Wildman–Crippen LogP) is 1.51. The van der Waals surface area contributed by atoms with Crippen molar-refractivity contribution in [3.63, 3.8) is 0 Å². The van der Waals surface area contributed by atoms with E-state index in [4.69, 9.17) is 0 Å². The molecule has 114 valence electrons. The molecule has 2 rings (SSSR count). The van der Waals surface area contributed by atoms with Crippen molar-refractivity contribution in [2.24, 2.45) is 0 Å². The van der Waals surface area contributed by atoms with Crippen molar-refractivity contribution in [1.82, 2.24) is 15.3 Å². The molecule has 0 spiro atoms. The summed E-state index contributed by atoms with van der Waals surface area (Å²) in [7, 11) is 1.32. The zero-order valence-electron chi connectivity index (χ0n) is 12.3. The van der Waals surface area contributed by atoms with Crippen molar-refractivity contribution in [2.75, 3.05) is 7.11 Å². The first kappa shape index (κ1) is 15.6. The highest BCUT2D eigenvalue weighted by molar-refractivity contribution is 5.89. The van der Waals surface area contributed by atoms with E-state index in [0.717, 1.165) is 5.56 Å². The summed E-state index contributed by atoms with van der Waals surface area (Å²) in [5, 5.41) is 2.78. The summed E-state index contributed by atoms with van der Waals surface area (Å²) in [4.78, 5) is 31.3. The third-order valence-electron chi connectivity index (χ3n) is 3.09. The number of hydrogen-bond donors (Lipinski definition) is 1. The first-order chi connectivity index (χ1) is 10.7. The Balaban J connectivity index is 1.82. The molecule has 2 aromatic heterocycles. The minimum atomic E-state index is -0.423. The van der Waals surface area contributed by atoms with Gasteiger partial charge in [-0.15, -0.1) is 0 Å². The Bertz CT molecular complexity index is 644. The third-order valence-corrected chi connectivity index (χ3v) is 3.09. The number of nitrogens with zero attached hydrogens (tertiary/aromatic N) is 2. The van der Waals surface area contributed by atoms with E-state index in [1.54, 1.807) is 24.5 Å². The molecule has 6 heteroatoms. The smallest absolute Gasteiger partial charge is 0.337 e. The standard InChI is InChI=1S/C16H17N3O3/c1-22-16(21)13-6-9-18-14(10-13)11-19-15(20)3-2-12-4-7-17-8-5-12/h4-10H,2-3,11H2,1H3,(H,19,20). The quantitative estimate of drug-likeness (QED) is 0.818. The highest BCUT2D eigenvalue weighted by Crippen LogP contribution is 2.04. The zero-order valence-corrected chi connectivity index (χ0v) is 12.3. The molecule has 1 N–H and O–H groups in total. The number of methoxy groups -OCH3 is 1. The molecule has 0 bridgehead atoms. The van der Waals surface area contributed by atoms with Gasteiger partial charge in [0, 0.05) is 25.0 Å². The lowest BCUT2D eigenvalue weighted by Gasteiger charge is -2.06. The maximum absolute atomic E-state index is 11.8. The molecule has 2 heterocycles. The second-order valence-corrected chi connectivity index (χ2v) is 4.66. The number of aryl methyl sites for hydroxylation is 1. The Kier molecular flexibility index (Phi) is 5.59. The number of amides is 1. The molecular weight excluding hydrogens is 282 g/mol. The number of hydrogen-bond acceptors (Lipinski definition) is 5. The van der Waals surface area contributed by atoms with Gasteiger partial charge in [-0.05, 0) is 36.2 Å². The van der Waals surface area contributed by atoms with Crippen molar-refractivity contribution in [2.45, 2.75) is 19.4 Å². The topological polar surface area (TPSA) is 81.2 Å². The molecule has 22 heavy (non-hydrogen) atoms. The van der Waals surface area contributed by atoms with Crippen LogP contribution in [0.15, 0.2) is 42.9 Å². The SMILES string of the molecule is COC(=O)c1ccnc(CNC(=O)CCc2ccncc2)c1. The van der Waals surface area contributed by atoms with Crippen LogP contribution in [-0.4, -0.2) is 29.0 Å². The number of carbonyl (C=O) groups is 2. The number of esters is 1. The van der Waals surface area contributed by atoms with Gasteiger partial charge in [0.05, 0.1) is 24.9 Å². The van der Waals surface area contributed by atoms with Gasteiger partial charge < -0.3 is 10.1 Å². The zero-order chi connectivity index (χ0) is 15.8. The van der Waals surface area contributed by atoms with Crippen LogP contribution < -0.4 is 5.32 Å². The van der Waals surface area contributed by atoms with Crippen molar-refractivity contribution in [1.29, 1.82) is 0 Å². The minimum absolute atomic E-state index is 0.0675. The first-order valence-electron chi connectivity index (χ1n) is 6.88. The first-order valence-corrected chi connectivity index (χ1v) is 6.88. The summed E-state index contributed by atoms with van der Waals surface area (Å²) in [6, 6.07) is 6.94. The summed E-state index contributed by atoms with van der Waals surface area (Å²) in [6.45, 7) is 0.278. The molecule has 0 aliphatic heterocycles. The van der Waals surface area contributed by atoms with E-state index < -0.39 is 5.97 Å². The second kappa shape index (κ2) is 7.87. The van der Waals surface area contributed by atoms with Crippen molar-refractivity contribution in [3.05, 3.63) is 59.7 Å². The van der Waals surface area contributed by atoms with E-state index in [1.165, 1.54) is 13.3 Å². The number of carbonyl (C=O) groups excluding carboxylic acids is 2. The highest BCUT2D eigenvalue weighted by atomic mass is 16.5. The number of rotatable bonds is 6. The van der Waals surface area contributed by atoms with Gasteiger partial charge in [-0.25, -0.2) is 4.79 Å². The fourth-order valence-corrected chi connectivity index (χ4v) is 1.90. The predicted molar refractivity (Wildman–Crippen MR) is 80.0 cm³/mol. The Morgan fingerprint density at radius 2 is 1.95 bits per heavy atom. The average molecular weight is 299 g/mol. The molecule has 0 aliphatic rings. The Morgan fingerprint density at radius 1 is 1.18 bits per heavy atom. The second-order valence-electron chi connectivity index (χ2n) is 4.66. The molecule has 0 aliphatic carbocycles. The summed E-state index contributed by atoms with van der Waals surface area (Å²) in [5.74, 6) is -0.491. The van der Waals surface area contributed by atoms with Crippen molar-refractivity contribution >= 4 is 11.9 Å². The van der Waals surface area contributed by atoms with E-state index >= 15 is 0 Å². The number of aromatic nitrogens is 2. The fraction of sp³-hybridized carbons (Fsp3) is 0.250. The van der Waals surface area contributed by atoms with Crippen LogP contribution >= 0.6 is 0 Å². The van der Waals surface area contributed by atoms with Gasteiger partial charge in [-0.1, -0.05) is 0 Å². The molecule has 0 atom stereocenters. The van der Waals surface area contributed by atoms with Crippen LogP contribution in [0.1, 0.15) is 28.0 Å². The molecule has 2 aromatic rings. The Morgan fingerprint density at radius 3 is 2.68 bits per heavy atom. The highest BCUT2D eigenvalue weighted by Gasteiger charge is 2.07. The van der Waals surface area contributed by atoms with E-state index in [9.17, 15) is 9.59 Å². The molecular formula is C16H17N3O3. The van der Waals surface area contributed by atoms with Crippen molar-refractivity contribution in [3.8, 4) is 0 Å². The van der Waals surface area contributed by atoms with Gasteiger partial charge in [-0.2, -0.15) is 0 Å². The monoisotopic (exact) mass is 299 g/mol. The summed E-state index contributed by atoms with van der Waals surface area (Å²) in [6.07, 6.45) is 5.97. The van der Waals surface area contributed by atoms with E-state index in [2.05, 4.69) is 20.0 Å². The Labute approximate surface area is 128 Å². The number of nitrogens with one attached hydrogen (secondary N) is 1. The van der Waals surface area contributed by atoms with Gasteiger partial charge in [-0.3, -0.25) is 14.8 Å². The third kappa shape index (κ3) is 4.66. The van der Waals surface area contributed by atoms with Gasteiger partial charge in [0.1, 0.15) is 0 Å². The van der Waals surface area contributed by atoms with Crippen LogP contribution in [0, 0.1) is 0 Å². The Hall–Kier alpha value is -2.76. The largest absolute Gasteiger partial charge is 0.465 e. The summed E-state index contributed by atoms with van der Waals surface area (Å²) < 4.78 is 4.65. The lowest BCUT2D eigenvalue weighted by molar-refractivity contribution is -0.121. The lowest BCUT2D eigenvalue weighted by Crippen LogP contribution is -2.23. The molecule has 0 aromatic carbocycles. The van der Waals surface area contributed by atoms with Gasteiger partial charge in [0.15, 0.2) is 0 Å². The van der Waals surface area contributed by atoms with Crippen LogP contribution in [0.2, 0.25) is 0 Å². The van der Waals surface area contributed by atoms with E-state index in [-0.39, 0.29) is 12.5 Å². The molecule has 1 amide bonds. The molecule has 0 saturated heterocycles. The summed E-state index contributed by atoms with van der Waals surface area (Å²) >= 11 is 0. The van der Waals surface area contributed by atoms with Crippen LogP contribution in [0.25, 0.3) is 0 Å². The van der Waals surface area contributed by atoms with E-state index in [1.807, 2.05) is 12.1 Å². The van der Waals surface area contributed by atoms with Gasteiger partial charge >= 0.3 is 5.97 Å². The van der Waals surface area contributed by atoms with Crippen molar-refractivity contribution < 1.29 is 14.3 Å². The number of ether oxygens (including phenoxy) is 1. The minimum Gasteiger partial charge on any atom is -0.465 e. The van der Waals surface area contributed by atoms with Gasteiger partial charge in [0.25, 0.3) is 0 Å². The summed E-state index contributed by atoms with van der Waals surface area (Å²) in [5.41, 5.74) is 2.09. The molecule has 0 saturated carbocycles. The average Bonchev–Trinajstić information content (AvgIpc) is 2.58. The fourth-order valence-electron chi connectivity index (χ4n) is 1.90. The molecule has 0 unspecified atom stereocenters. The van der Waals surface area contributed by atoms with Crippen LogP contribution in [-0.2, 0) is 22.5 Å². The van der Waals surface area contributed by atoms with Gasteiger partial charge in [0.2, 0.25) is 5.91 Å². The van der Waals surface area contributed by atoms with E-state index in [0.29, 0.717) is 24.1 Å². The molecule has 6 nitrogen and oxygen atoms in total. The molecule has 0 radical (unpaired) electrons.